The molecular formula is C18H31IN2O9. The number of nitrogens with zero attached hydrogens (tertiary/aromatic N) is 2. The Morgan fingerprint density at radius 2 is 1.13 bits per heavy atom. The molecule has 11 nitrogen and oxygen atoms in total. The maximum absolute atomic E-state index is 11.6. The molecule has 174 valence electrons. The van der Waals surface area contributed by atoms with E-state index in [2.05, 4.69) is 12.8 Å². The Morgan fingerprint density at radius 1 is 0.733 bits per heavy atom. The zero-order valence-corrected chi connectivity index (χ0v) is 20.0. The normalized spacial score (nSPS) is 11.8. The molecule has 0 saturated carbocycles. The summed E-state index contributed by atoms with van der Waals surface area (Å²) in [5.74, 6) is -1.60. The predicted octanol–water partition coefficient (Wildman–Crippen LogP) is 0.883. The molecule has 1 atom stereocenters. The Hall–Kier alpha value is -1.51. The summed E-state index contributed by atoms with van der Waals surface area (Å²) < 4.78 is 18.4. The lowest BCUT2D eigenvalue weighted by Gasteiger charge is -2.33. The monoisotopic (exact) mass is 546 g/mol. The maximum atomic E-state index is 11.6. The predicted molar refractivity (Wildman–Crippen MR) is 113 cm³/mol. The summed E-state index contributed by atoms with van der Waals surface area (Å²) in [5, 5.41) is 0. The zero-order valence-electron chi connectivity index (χ0n) is 17.9. The first kappa shape index (κ1) is 28.5. The van der Waals surface area contributed by atoms with Gasteiger partial charge in [0.25, 0.3) is 0 Å². The molecule has 0 N–H and O–H groups in total. The quantitative estimate of drug-likeness (QED) is 0.0902. The van der Waals surface area contributed by atoms with Gasteiger partial charge in [0.05, 0.1) is 47.0 Å². The smallest absolute Gasteiger partial charge is 0.344 e. The van der Waals surface area contributed by atoms with Crippen LogP contribution in [0.1, 0.15) is 32.6 Å². The lowest BCUT2D eigenvalue weighted by Crippen LogP contribution is -2.45. The van der Waals surface area contributed by atoms with Crippen molar-refractivity contribution >= 4 is 46.9 Å². The largest absolute Gasteiger partial charge is 0.469 e. The molecular weight excluding hydrogens is 515 g/mol. The summed E-state index contributed by atoms with van der Waals surface area (Å²) in [6.07, 6.45) is 0.569. The third-order valence-electron chi connectivity index (χ3n) is 4.42. The van der Waals surface area contributed by atoms with Gasteiger partial charge in [-0.15, -0.1) is 3.22 Å². The molecule has 30 heavy (non-hydrogen) atoms. The second-order valence-electron chi connectivity index (χ2n) is 6.43. The Morgan fingerprint density at radius 3 is 1.53 bits per heavy atom. The van der Waals surface area contributed by atoms with Gasteiger partial charge < -0.3 is 19.1 Å². The van der Waals surface area contributed by atoms with Crippen molar-refractivity contribution < 1.29 is 41.5 Å². The van der Waals surface area contributed by atoms with E-state index >= 15 is 0 Å². The van der Waals surface area contributed by atoms with Gasteiger partial charge in [-0.25, -0.2) is 4.79 Å². The van der Waals surface area contributed by atoms with Crippen molar-refractivity contribution in [2.24, 2.45) is 0 Å². The van der Waals surface area contributed by atoms with Crippen LogP contribution in [0.2, 0.25) is 0 Å². The fourth-order valence-corrected chi connectivity index (χ4v) is 2.89. The van der Waals surface area contributed by atoms with Crippen LogP contribution in [0.3, 0.4) is 0 Å². The Kier molecular flexibility index (Phi) is 16.3. The van der Waals surface area contributed by atoms with Gasteiger partial charge in [-0.05, 0) is 6.92 Å². The highest BCUT2D eigenvalue weighted by molar-refractivity contribution is 14.1. The number of hydrogen-bond donors (Lipinski definition) is 0. The van der Waals surface area contributed by atoms with Crippen LogP contribution >= 0.6 is 23.0 Å². The number of hydrogen-bond acceptors (Lipinski definition) is 11. The van der Waals surface area contributed by atoms with Gasteiger partial charge in [0.2, 0.25) is 0 Å². The summed E-state index contributed by atoms with van der Waals surface area (Å²) >= 11 is 1.45. The van der Waals surface area contributed by atoms with Crippen LogP contribution in [0.4, 0.5) is 0 Å². The molecule has 0 bridgehead atoms. The third-order valence-corrected chi connectivity index (χ3v) is 4.60. The van der Waals surface area contributed by atoms with Crippen molar-refractivity contribution in [2.75, 3.05) is 54.1 Å². The minimum Gasteiger partial charge on any atom is -0.469 e. The average molecular weight is 546 g/mol. The lowest BCUT2D eigenvalue weighted by molar-refractivity contribution is -0.195. The Bertz CT molecular complexity index is 528. The molecule has 0 saturated heterocycles. The number of carbonyl (C=O) groups is 4. The molecule has 0 aliphatic heterocycles. The summed E-state index contributed by atoms with van der Waals surface area (Å²) in [4.78, 5) is 54.5. The molecule has 12 heteroatoms. The number of rotatable bonds is 16. The van der Waals surface area contributed by atoms with Crippen molar-refractivity contribution in [2.45, 2.75) is 38.6 Å². The summed E-state index contributed by atoms with van der Waals surface area (Å²) in [6.45, 7) is 3.91. The second kappa shape index (κ2) is 17.2. The van der Waals surface area contributed by atoms with Gasteiger partial charge in [-0.2, -0.15) is 0 Å². The van der Waals surface area contributed by atoms with Crippen molar-refractivity contribution in [3.8, 4) is 0 Å². The lowest BCUT2D eigenvalue weighted by atomic mass is 10.2. The first-order valence-corrected chi connectivity index (χ1v) is 10.3. The minimum absolute atomic E-state index is 0.0707. The van der Waals surface area contributed by atoms with Gasteiger partial charge in [0.1, 0.15) is 0 Å². The fraction of sp³-hybridized carbons (Fsp3) is 0.778. The minimum atomic E-state index is -0.534. The zero-order chi connectivity index (χ0) is 22.9. The van der Waals surface area contributed by atoms with Crippen molar-refractivity contribution in [1.82, 2.24) is 9.80 Å². The van der Waals surface area contributed by atoms with Gasteiger partial charge in [-0.3, -0.25) is 24.2 Å². The van der Waals surface area contributed by atoms with E-state index in [0.717, 1.165) is 0 Å². The van der Waals surface area contributed by atoms with Crippen LogP contribution in [0.5, 0.6) is 0 Å². The summed E-state index contributed by atoms with van der Waals surface area (Å²) in [7, 11) is 3.95. The molecule has 0 fully saturated rings. The van der Waals surface area contributed by atoms with Crippen LogP contribution < -0.4 is 0 Å². The van der Waals surface area contributed by atoms with Gasteiger partial charge in [0.15, 0.2) is 23.0 Å². The highest BCUT2D eigenvalue weighted by Crippen LogP contribution is 2.08. The molecule has 0 aromatic rings. The fourth-order valence-electron chi connectivity index (χ4n) is 2.69. The van der Waals surface area contributed by atoms with E-state index in [4.69, 9.17) is 9.47 Å². The van der Waals surface area contributed by atoms with Crippen molar-refractivity contribution in [3.63, 3.8) is 0 Å². The van der Waals surface area contributed by atoms with E-state index in [1.165, 1.54) is 44.3 Å². The maximum Gasteiger partial charge on any atom is 0.344 e. The topological polar surface area (TPSA) is 121 Å². The van der Waals surface area contributed by atoms with E-state index in [9.17, 15) is 19.2 Å². The molecule has 0 spiro atoms. The van der Waals surface area contributed by atoms with Crippen LogP contribution in [-0.4, -0.2) is 93.8 Å². The molecule has 1 unspecified atom stereocenters. The number of methoxy groups -OCH3 is 3. The highest BCUT2D eigenvalue weighted by Gasteiger charge is 2.21. The van der Waals surface area contributed by atoms with Gasteiger partial charge in [0, 0.05) is 38.8 Å². The van der Waals surface area contributed by atoms with Crippen LogP contribution in [0.25, 0.3) is 0 Å². The molecule has 0 amide bonds. The number of halogens is 1. The summed E-state index contributed by atoms with van der Waals surface area (Å²) in [5.41, 5.74) is 0. The van der Waals surface area contributed by atoms with Crippen LogP contribution in [0.15, 0.2) is 0 Å². The first-order chi connectivity index (χ1) is 14.3. The van der Waals surface area contributed by atoms with Crippen LogP contribution in [0, 0.1) is 0 Å². The van der Waals surface area contributed by atoms with Gasteiger partial charge in [-0.1, -0.05) is 0 Å². The number of esters is 3. The molecule has 0 aliphatic rings. The molecule has 0 aliphatic carbocycles. The average Bonchev–Trinajstić information content (AvgIpc) is 2.74. The Labute approximate surface area is 190 Å². The van der Waals surface area contributed by atoms with E-state index in [0.29, 0.717) is 32.7 Å². The first-order valence-electron chi connectivity index (χ1n) is 9.42. The van der Waals surface area contributed by atoms with E-state index in [1.807, 2.05) is 16.7 Å². The third kappa shape index (κ3) is 13.7. The highest BCUT2D eigenvalue weighted by atomic mass is 127. The summed E-state index contributed by atoms with van der Waals surface area (Å²) in [6, 6.07) is -0.0891. The number of ether oxygens (including phenoxy) is 3. The van der Waals surface area contributed by atoms with Gasteiger partial charge >= 0.3 is 23.9 Å². The van der Waals surface area contributed by atoms with Crippen molar-refractivity contribution in [1.29, 1.82) is 0 Å². The van der Waals surface area contributed by atoms with Crippen molar-refractivity contribution in [3.05, 3.63) is 0 Å². The molecule has 0 rings (SSSR count). The van der Waals surface area contributed by atoms with Crippen LogP contribution in [-0.2, 0) is 41.5 Å². The number of carbonyl (C=O) groups excluding carboxylic acids is 4. The van der Waals surface area contributed by atoms with E-state index < -0.39 is 5.97 Å². The standard InChI is InChI=1S/C18H31IN2O9/c1-14(21(11-7-16(23)27-3)12-8-17(24)28-4)13-20(9-5-15(22)26-2)10-6-18(25)29-30-19/h14H,5-13H2,1-4H3. The SMILES string of the molecule is COC(=O)CCN(CCC(=O)OOI)CC(C)N(CCC(=O)OC)CCC(=O)OC. The molecule has 0 aromatic carbocycles. The Balaban J connectivity index is 5.04. The molecule has 0 aromatic heterocycles. The second-order valence-corrected chi connectivity index (χ2v) is 6.79. The van der Waals surface area contributed by atoms with E-state index in [-0.39, 0.29) is 49.6 Å². The van der Waals surface area contributed by atoms with E-state index in [1.54, 1.807) is 0 Å². The molecule has 0 heterocycles. The molecule has 0 radical (unpaired) electrons.